The van der Waals surface area contributed by atoms with Gasteiger partial charge in [-0.25, -0.2) is 17.5 Å². The van der Waals surface area contributed by atoms with Crippen molar-refractivity contribution in [2.75, 3.05) is 5.73 Å². The lowest BCUT2D eigenvalue weighted by Crippen LogP contribution is -2.24. The van der Waals surface area contributed by atoms with E-state index in [9.17, 15) is 12.8 Å². The number of nitrogen functional groups attached to an aromatic ring is 1. The highest BCUT2D eigenvalue weighted by atomic mass is 32.2. The highest BCUT2D eigenvalue weighted by Gasteiger charge is 2.19. The fourth-order valence-corrected chi connectivity index (χ4v) is 3.99. The lowest BCUT2D eigenvalue weighted by molar-refractivity contribution is 0.575. The van der Waals surface area contributed by atoms with Gasteiger partial charge in [-0.2, -0.15) is 0 Å². The number of thiophene rings is 1. The maximum Gasteiger partial charge on any atom is 0.241 e. The Morgan fingerprint density at radius 2 is 2.00 bits per heavy atom. The molecule has 0 atom stereocenters. The van der Waals surface area contributed by atoms with Gasteiger partial charge in [0, 0.05) is 27.5 Å². The molecule has 20 heavy (non-hydrogen) atoms. The normalized spacial score (nSPS) is 11.8. The zero-order chi connectivity index (χ0) is 14.9. The van der Waals surface area contributed by atoms with Crippen molar-refractivity contribution in [1.29, 1.82) is 0 Å². The van der Waals surface area contributed by atoms with Crippen molar-refractivity contribution in [2.45, 2.75) is 25.3 Å². The van der Waals surface area contributed by atoms with Crippen LogP contribution >= 0.6 is 11.3 Å². The SMILES string of the molecule is Cc1ccc(CNS(=O)(=O)c2cc(N)cc(F)c2C)s1. The molecule has 0 spiro atoms. The van der Waals surface area contributed by atoms with Gasteiger partial charge in [0.25, 0.3) is 0 Å². The van der Waals surface area contributed by atoms with Gasteiger partial charge < -0.3 is 5.73 Å². The molecular formula is C13H15FN2O2S2. The Labute approximate surface area is 121 Å². The van der Waals surface area contributed by atoms with Crippen LogP contribution in [0.2, 0.25) is 0 Å². The largest absolute Gasteiger partial charge is 0.399 e. The van der Waals surface area contributed by atoms with Crippen molar-refractivity contribution in [3.8, 4) is 0 Å². The number of nitrogens with two attached hydrogens (primary N) is 1. The summed E-state index contributed by atoms with van der Waals surface area (Å²) in [6.45, 7) is 3.54. The van der Waals surface area contributed by atoms with E-state index in [1.165, 1.54) is 24.3 Å². The highest BCUT2D eigenvalue weighted by Crippen LogP contribution is 2.22. The van der Waals surface area contributed by atoms with Crippen LogP contribution in [0.4, 0.5) is 10.1 Å². The van der Waals surface area contributed by atoms with Gasteiger partial charge >= 0.3 is 0 Å². The summed E-state index contributed by atoms with van der Waals surface area (Å²) in [4.78, 5) is 1.88. The van der Waals surface area contributed by atoms with Crippen LogP contribution in [0.5, 0.6) is 0 Å². The minimum absolute atomic E-state index is 0.0639. The predicted octanol–water partition coefficient (Wildman–Crippen LogP) is 2.56. The van der Waals surface area contributed by atoms with E-state index in [1.54, 1.807) is 0 Å². The van der Waals surface area contributed by atoms with Crippen molar-refractivity contribution in [3.05, 3.63) is 45.4 Å². The molecule has 0 fully saturated rings. The Hall–Kier alpha value is -1.44. The summed E-state index contributed by atoms with van der Waals surface area (Å²) in [6.07, 6.45) is 0. The van der Waals surface area contributed by atoms with Gasteiger partial charge in [0.15, 0.2) is 0 Å². The molecule has 108 valence electrons. The lowest BCUT2D eigenvalue weighted by atomic mass is 10.2. The van der Waals surface area contributed by atoms with E-state index in [0.29, 0.717) is 0 Å². The third kappa shape index (κ3) is 3.17. The van der Waals surface area contributed by atoms with Gasteiger partial charge in [0.1, 0.15) is 5.82 Å². The fraction of sp³-hybridized carbons (Fsp3) is 0.231. The van der Waals surface area contributed by atoms with Gasteiger partial charge in [-0.15, -0.1) is 11.3 Å². The molecule has 0 saturated heterocycles. The Morgan fingerprint density at radius 1 is 1.30 bits per heavy atom. The maximum absolute atomic E-state index is 13.6. The molecule has 4 nitrogen and oxygen atoms in total. The summed E-state index contributed by atoms with van der Waals surface area (Å²) in [5, 5.41) is 0. The van der Waals surface area contributed by atoms with E-state index in [1.807, 2.05) is 19.1 Å². The Bertz CT molecular complexity index is 739. The summed E-state index contributed by atoms with van der Waals surface area (Å²) >= 11 is 1.51. The summed E-state index contributed by atoms with van der Waals surface area (Å²) < 4.78 is 40.4. The summed E-state index contributed by atoms with van der Waals surface area (Å²) in [5.41, 5.74) is 5.65. The third-order valence-corrected chi connectivity index (χ3v) is 5.37. The summed E-state index contributed by atoms with van der Waals surface area (Å²) in [6, 6.07) is 6.15. The molecule has 0 saturated carbocycles. The molecule has 0 bridgehead atoms. The molecule has 0 radical (unpaired) electrons. The molecule has 0 unspecified atom stereocenters. The Balaban J connectivity index is 2.27. The van der Waals surface area contributed by atoms with Crippen molar-refractivity contribution < 1.29 is 12.8 Å². The molecule has 1 aromatic heterocycles. The number of hydrogen-bond acceptors (Lipinski definition) is 4. The van der Waals surface area contributed by atoms with E-state index < -0.39 is 15.8 Å². The first-order chi connectivity index (χ1) is 9.29. The van der Waals surface area contributed by atoms with Crippen molar-refractivity contribution in [2.24, 2.45) is 0 Å². The zero-order valence-corrected chi connectivity index (χ0v) is 12.7. The summed E-state index contributed by atoms with van der Waals surface area (Å²) in [7, 11) is -3.79. The van der Waals surface area contributed by atoms with E-state index in [4.69, 9.17) is 5.73 Å². The Morgan fingerprint density at radius 3 is 2.60 bits per heavy atom. The second-order valence-corrected chi connectivity index (χ2v) is 7.57. The topological polar surface area (TPSA) is 72.2 Å². The average Bonchev–Trinajstić information content (AvgIpc) is 2.77. The van der Waals surface area contributed by atoms with Crippen LogP contribution in [0, 0.1) is 19.7 Å². The smallest absolute Gasteiger partial charge is 0.241 e. The van der Waals surface area contributed by atoms with Crippen LogP contribution < -0.4 is 10.5 Å². The molecule has 0 amide bonds. The second kappa shape index (κ2) is 5.51. The molecule has 2 rings (SSSR count). The van der Waals surface area contributed by atoms with Gasteiger partial charge in [-0.3, -0.25) is 0 Å². The molecule has 0 aliphatic rings. The molecular weight excluding hydrogens is 299 g/mol. The zero-order valence-electron chi connectivity index (χ0n) is 11.1. The monoisotopic (exact) mass is 314 g/mol. The lowest BCUT2D eigenvalue weighted by Gasteiger charge is -2.10. The molecule has 0 aliphatic carbocycles. The first-order valence-corrected chi connectivity index (χ1v) is 8.20. The van der Waals surface area contributed by atoms with Crippen LogP contribution in [0.1, 0.15) is 15.3 Å². The minimum Gasteiger partial charge on any atom is -0.399 e. The number of aryl methyl sites for hydroxylation is 1. The fourth-order valence-electron chi connectivity index (χ4n) is 1.78. The van der Waals surface area contributed by atoms with E-state index in [-0.39, 0.29) is 22.7 Å². The van der Waals surface area contributed by atoms with Crippen LogP contribution in [0.25, 0.3) is 0 Å². The average molecular weight is 314 g/mol. The van der Waals surface area contributed by atoms with Crippen molar-refractivity contribution in [3.63, 3.8) is 0 Å². The number of hydrogen-bond donors (Lipinski definition) is 2. The standard InChI is InChI=1S/C13H15FN2O2S2/c1-8-3-4-11(19-8)7-16-20(17,18)13-6-10(15)5-12(14)9(13)2/h3-6,16H,7,15H2,1-2H3. The molecule has 2 aromatic rings. The number of rotatable bonds is 4. The van der Waals surface area contributed by atoms with Crippen LogP contribution in [-0.4, -0.2) is 8.42 Å². The maximum atomic E-state index is 13.6. The first-order valence-electron chi connectivity index (χ1n) is 5.90. The molecule has 1 aromatic carbocycles. The highest BCUT2D eigenvalue weighted by molar-refractivity contribution is 7.89. The number of sulfonamides is 1. The molecule has 3 N–H and O–H groups in total. The number of halogens is 1. The van der Waals surface area contributed by atoms with E-state index >= 15 is 0 Å². The van der Waals surface area contributed by atoms with Crippen LogP contribution in [0.3, 0.4) is 0 Å². The number of anilines is 1. The summed E-state index contributed by atoms with van der Waals surface area (Å²) in [5.74, 6) is -0.627. The minimum atomic E-state index is -3.79. The number of benzene rings is 1. The third-order valence-electron chi connectivity index (χ3n) is 2.84. The van der Waals surface area contributed by atoms with Crippen molar-refractivity contribution >= 4 is 27.0 Å². The van der Waals surface area contributed by atoms with Crippen LogP contribution in [-0.2, 0) is 16.6 Å². The number of nitrogens with one attached hydrogen (secondary N) is 1. The van der Waals surface area contributed by atoms with Gasteiger partial charge in [-0.1, -0.05) is 0 Å². The molecule has 0 aliphatic heterocycles. The van der Waals surface area contributed by atoms with E-state index in [0.717, 1.165) is 15.8 Å². The molecule has 7 heteroatoms. The van der Waals surface area contributed by atoms with E-state index in [2.05, 4.69) is 4.72 Å². The molecule has 1 heterocycles. The van der Waals surface area contributed by atoms with Gasteiger partial charge in [0.2, 0.25) is 10.0 Å². The van der Waals surface area contributed by atoms with Gasteiger partial charge in [0.05, 0.1) is 4.90 Å². The van der Waals surface area contributed by atoms with Crippen molar-refractivity contribution in [1.82, 2.24) is 4.72 Å². The quantitative estimate of drug-likeness (QED) is 0.852. The predicted molar refractivity (Wildman–Crippen MR) is 78.6 cm³/mol. The van der Waals surface area contributed by atoms with Gasteiger partial charge in [-0.05, 0) is 38.1 Å². The Kier molecular flexibility index (Phi) is 4.12. The second-order valence-electron chi connectivity index (χ2n) is 4.46. The first kappa shape index (κ1) is 15.0. The van der Waals surface area contributed by atoms with Crippen LogP contribution in [0.15, 0.2) is 29.2 Å².